The molecular weight excluding hydrogens is 398 g/mol. The van der Waals surface area contributed by atoms with Gasteiger partial charge in [-0.1, -0.05) is 12.5 Å². The second kappa shape index (κ2) is 8.55. The summed E-state index contributed by atoms with van der Waals surface area (Å²) >= 11 is 1.34. The number of hydrogen-bond acceptors (Lipinski definition) is 6. The van der Waals surface area contributed by atoms with Crippen LogP contribution in [0.5, 0.6) is 0 Å². The molecule has 8 heteroatoms. The molecule has 0 amide bonds. The number of Topliss-reactive ketones (excluding diaryl/α,β-unsaturated/α-hetero) is 1. The predicted octanol–water partition coefficient (Wildman–Crippen LogP) is 3.58. The number of benzene rings is 1. The molecule has 0 N–H and O–H groups in total. The highest BCUT2D eigenvalue weighted by atomic mass is 32.2. The van der Waals surface area contributed by atoms with E-state index in [4.69, 9.17) is 4.74 Å². The molecule has 0 saturated carbocycles. The van der Waals surface area contributed by atoms with Crippen LogP contribution in [0.25, 0.3) is 0 Å². The first-order valence-electron chi connectivity index (χ1n) is 9.16. The van der Waals surface area contributed by atoms with Crippen LogP contribution in [0.3, 0.4) is 0 Å². The largest absolute Gasteiger partial charge is 0.454 e. The fourth-order valence-corrected chi connectivity index (χ4v) is 5.68. The number of rotatable bonds is 6. The molecule has 1 aromatic heterocycles. The Morgan fingerprint density at radius 2 is 1.79 bits per heavy atom. The Hall–Kier alpha value is -2.03. The summed E-state index contributed by atoms with van der Waals surface area (Å²) in [4.78, 5) is 26.1. The van der Waals surface area contributed by atoms with Crippen LogP contribution in [0.15, 0.2) is 35.2 Å². The van der Waals surface area contributed by atoms with Crippen molar-refractivity contribution in [2.24, 2.45) is 0 Å². The summed E-state index contributed by atoms with van der Waals surface area (Å²) in [5.41, 5.74) is 0.698. The number of carbonyl (C=O) groups excluding carboxylic acids is 2. The van der Waals surface area contributed by atoms with Gasteiger partial charge in [-0.25, -0.2) is 13.2 Å². The van der Waals surface area contributed by atoms with E-state index in [-0.39, 0.29) is 22.8 Å². The van der Waals surface area contributed by atoms with Gasteiger partial charge in [-0.2, -0.15) is 4.31 Å². The zero-order valence-corrected chi connectivity index (χ0v) is 17.6. The number of hydrogen-bond donors (Lipinski definition) is 0. The number of sulfonamides is 1. The number of nitrogens with zero attached hydrogens (tertiary/aromatic N) is 1. The fraction of sp³-hybridized carbons (Fsp3) is 0.400. The Morgan fingerprint density at radius 3 is 2.43 bits per heavy atom. The van der Waals surface area contributed by atoms with Crippen molar-refractivity contribution < 1.29 is 22.7 Å². The third-order valence-corrected chi connectivity index (χ3v) is 7.79. The van der Waals surface area contributed by atoms with E-state index in [2.05, 4.69) is 0 Å². The summed E-state index contributed by atoms with van der Waals surface area (Å²) in [6, 6.07) is 7.99. The van der Waals surface area contributed by atoms with Gasteiger partial charge in [0.1, 0.15) is 0 Å². The molecule has 2 heterocycles. The summed E-state index contributed by atoms with van der Waals surface area (Å²) in [5, 5.41) is 0. The van der Waals surface area contributed by atoms with E-state index >= 15 is 0 Å². The Balaban J connectivity index is 1.75. The topological polar surface area (TPSA) is 80.8 Å². The lowest BCUT2D eigenvalue weighted by Gasteiger charge is -2.26. The van der Waals surface area contributed by atoms with Gasteiger partial charge in [-0.15, -0.1) is 11.3 Å². The highest BCUT2D eigenvalue weighted by Crippen LogP contribution is 2.25. The minimum absolute atomic E-state index is 0.115. The number of thiophene rings is 1. The number of esters is 1. The maximum absolute atomic E-state index is 13.0. The lowest BCUT2D eigenvalue weighted by Crippen LogP contribution is -2.36. The van der Waals surface area contributed by atoms with Crippen LogP contribution in [-0.4, -0.2) is 44.2 Å². The van der Waals surface area contributed by atoms with Crippen LogP contribution in [0.2, 0.25) is 0 Å². The fourth-order valence-electron chi connectivity index (χ4n) is 3.12. The molecule has 0 spiro atoms. The molecule has 0 bridgehead atoms. The number of aryl methyl sites for hydroxylation is 2. The molecule has 1 aliphatic rings. The molecule has 6 nitrogen and oxygen atoms in total. The Morgan fingerprint density at radius 1 is 1.07 bits per heavy atom. The molecule has 1 aromatic carbocycles. The Labute approximate surface area is 169 Å². The first-order valence-corrected chi connectivity index (χ1v) is 11.4. The smallest absolute Gasteiger partial charge is 0.338 e. The molecule has 0 radical (unpaired) electrons. The van der Waals surface area contributed by atoms with Gasteiger partial charge in [0.25, 0.3) is 0 Å². The van der Waals surface area contributed by atoms with Crippen LogP contribution in [-0.2, 0) is 14.8 Å². The lowest BCUT2D eigenvalue weighted by atomic mass is 10.1. The van der Waals surface area contributed by atoms with Gasteiger partial charge in [0.05, 0.1) is 15.3 Å². The average molecular weight is 422 g/mol. The van der Waals surface area contributed by atoms with Gasteiger partial charge in [-0.3, -0.25) is 4.79 Å². The molecule has 0 unspecified atom stereocenters. The molecule has 28 heavy (non-hydrogen) atoms. The van der Waals surface area contributed by atoms with Crippen molar-refractivity contribution in [3.05, 3.63) is 51.2 Å². The van der Waals surface area contributed by atoms with Crippen LogP contribution >= 0.6 is 11.3 Å². The molecule has 1 aliphatic heterocycles. The number of carbonyl (C=O) groups is 2. The zero-order chi connectivity index (χ0) is 20.3. The first-order chi connectivity index (χ1) is 13.3. The van der Waals surface area contributed by atoms with Gasteiger partial charge in [0.2, 0.25) is 15.8 Å². The van der Waals surface area contributed by atoms with Crippen molar-refractivity contribution in [3.8, 4) is 0 Å². The van der Waals surface area contributed by atoms with Crippen molar-refractivity contribution in [2.45, 2.75) is 38.0 Å². The third kappa shape index (κ3) is 4.51. The highest BCUT2D eigenvalue weighted by molar-refractivity contribution is 7.89. The zero-order valence-electron chi connectivity index (χ0n) is 15.9. The second-order valence-corrected chi connectivity index (χ2v) is 10.0. The molecular formula is C20H23NO5S2. The van der Waals surface area contributed by atoms with E-state index in [1.165, 1.54) is 27.8 Å². The van der Waals surface area contributed by atoms with E-state index in [1.807, 2.05) is 13.0 Å². The maximum Gasteiger partial charge on any atom is 0.338 e. The monoisotopic (exact) mass is 421 g/mol. The average Bonchev–Trinajstić information content (AvgIpc) is 3.13. The molecule has 2 aromatic rings. The third-order valence-electron chi connectivity index (χ3n) is 4.71. The molecule has 1 saturated heterocycles. The summed E-state index contributed by atoms with van der Waals surface area (Å²) in [6.07, 6.45) is 2.70. The van der Waals surface area contributed by atoms with E-state index in [0.29, 0.717) is 23.5 Å². The maximum atomic E-state index is 13.0. The Bertz CT molecular complexity index is 988. The van der Waals surface area contributed by atoms with Crippen LogP contribution < -0.4 is 0 Å². The summed E-state index contributed by atoms with van der Waals surface area (Å²) < 4.78 is 32.5. The standard InChI is InChI=1S/C20H23NO5S2/c1-14-6-8-16(12-19(14)28(24,25)21-10-4-3-5-11-21)20(23)26-13-17(22)18-9-7-15(2)27-18/h6-9,12H,3-5,10-11,13H2,1-2H3. The molecule has 1 fully saturated rings. The van der Waals surface area contributed by atoms with Gasteiger partial charge >= 0.3 is 5.97 Å². The summed E-state index contributed by atoms with van der Waals surface area (Å²) in [6.45, 7) is 4.20. The van der Waals surface area contributed by atoms with Crippen molar-refractivity contribution in [1.29, 1.82) is 0 Å². The molecule has 0 aliphatic carbocycles. The van der Waals surface area contributed by atoms with Crippen LogP contribution in [0.4, 0.5) is 0 Å². The summed E-state index contributed by atoms with van der Waals surface area (Å²) in [5.74, 6) is -0.989. The van der Waals surface area contributed by atoms with Gasteiger partial charge in [0.15, 0.2) is 6.61 Å². The van der Waals surface area contributed by atoms with Crippen molar-refractivity contribution in [3.63, 3.8) is 0 Å². The van der Waals surface area contributed by atoms with Crippen LogP contribution in [0, 0.1) is 13.8 Å². The molecule has 0 atom stereocenters. The quantitative estimate of drug-likeness (QED) is 0.526. The first kappa shape index (κ1) is 20.7. The van der Waals surface area contributed by atoms with Gasteiger partial charge in [0, 0.05) is 18.0 Å². The van der Waals surface area contributed by atoms with Gasteiger partial charge < -0.3 is 4.74 Å². The number of ether oxygens (including phenoxy) is 1. The Kier molecular flexibility index (Phi) is 6.32. The second-order valence-electron chi connectivity index (χ2n) is 6.85. The van der Waals surface area contributed by atoms with Crippen molar-refractivity contribution in [1.82, 2.24) is 4.31 Å². The van der Waals surface area contributed by atoms with Crippen molar-refractivity contribution in [2.75, 3.05) is 19.7 Å². The normalized spacial score (nSPS) is 15.4. The van der Waals surface area contributed by atoms with E-state index < -0.39 is 16.0 Å². The SMILES string of the molecule is Cc1ccc(C(=O)COC(=O)c2ccc(C)c(S(=O)(=O)N3CCCCC3)c2)s1. The lowest BCUT2D eigenvalue weighted by molar-refractivity contribution is 0.0475. The minimum atomic E-state index is -3.66. The number of piperidine rings is 1. The van der Waals surface area contributed by atoms with E-state index in [0.717, 1.165) is 24.1 Å². The number of ketones is 1. The highest BCUT2D eigenvalue weighted by Gasteiger charge is 2.28. The predicted molar refractivity (Wildman–Crippen MR) is 107 cm³/mol. The summed E-state index contributed by atoms with van der Waals surface area (Å²) in [7, 11) is -3.66. The minimum Gasteiger partial charge on any atom is -0.454 e. The van der Waals surface area contributed by atoms with Crippen molar-refractivity contribution >= 4 is 33.1 Å². The molecule has 150 valence electrons. The van der Waals surface area contributed by atoms with E-state index in [1.54, 1.807) is 19.1 Å². The van der Waals surface area contributed by atoms with E-state index in [9.17, 15) is 18.0 Å². The van der Waals surface area contributed by atoms with Gasteiger partial charge in [-0.05, 0) is 56.5 Å². The van der Waals surface area contributed by atoms with Crippen LogP contribution in [0.1, 0.15) is 49.7 Å². The molecule has 3 rings (SSSR count).